The first kappa shape index (κ1) is 18.7. The van der Waals surface area contributed by atoms with Gasteiger partial charge in [-0.2, -0.15) is 0 Å². The molecule has 1 N–H and O–H groups in total. The number of nitro benzene ring substituents is 1. The molecule has 2 rings (SSSR count). The van der Waals surface area contributed by atoms with Crippen molar-refractivity contribution in [2.75, 3.05) is 32.1 Å². The van der Waals surface area contributed by atoms with Gasteiger partial charge in [0.05, 0.1) is 12.0 Å². The summed E-state index contributed by atoms with van der Waals surface area (Å²) in [5.74, 6) is -0.536. The van der Waals surface area contributed by atoms with Crippen LogP contribution < -0.4 is 5.32 Å². The SMILES string of the molecule is COC(=O)c1cc(NCCCN2CCCCCC2=O)ccc1[N+](=O)[O-]. The largest absolute Gasteiger partial charge is 0.465 e. The number of esters is 1. The molecule has 1 amide bonds. The molecule has 1 heterocycles. The van der Waals surface area contributed by atoms with Gasteiger partial charge in [-0.25, -0.2) is 4.79 Å². The minimum absolute atomic E-state index is 0.0832. The number of nitrogens with one attached hydrogen (secondary N) is 1. The van der Waals surface area contributed by atoms with Crippen LogP contribution in [-0.2, 0) is 9.53 Å². The Morgan fingerprint density at radius 3 is 2.88 bits per heavy atom. The summed E-state index contributed by atoms with van der Waals surface area (Å²) in [4.78, 5) is 35.9. The zero-order chi connectivity index (χ0) is 18.2. The van der Waals surface area contributed by atoms with Crippen molar-refractivity contribution in [3.8, 4) is 0 Å². The molecular weight excluding hydrogens is 326 g/mol. The van der Waals surface area contributed by atoms with Gasteiger partial charge in [-0.15, -0.1) is 0 Å². The maximum absolute atomic E-state index is 11.9. The summed E-state index contributed by atoms with van der Waals surface area (Å²) in [6, 6.07) is 4.26. The molecule has 25 heavy (non-hydrogen) atoms. The van der Waals surface area contributed by atoms with Gasteiger partial charge in [0.25, 0.3) is 5.69 Å². The lowest BCUT2D eigenvalue weighted by Crippen LogP contribution is -2.32. The third-order valence-corrected chi connectivity index (χ3v) is 4.20. The van der Waals surface area contributed by atoms with E-state index in [9.17, 15) is 19.7 Å². The van der Waals surface area contributed by atoms with E-state index in [0.717, 1.165) is 32.2 Å². The number of likely N-dealkylation sites (tertiary alicyclic amines) is 1. The first-order chi connectivity index (χ1) is 12.0. The summed E-state index contributed by atoms with van der Waals surface area (Å²) in [6.07, 6.45) is 4.49. The second kappa shape index (κ2) is 9.00. The number of methoxy groups -OCH3 is 1. The number of ether oxygens (including phenoxy) is 1. The quantitative estimate of drug-likeness (QED) is 0.351. The first-order valence-electron chi connectivity index (χ1n) is 8.41. The number of nitro groups is 1. The number of hydrogen-bond acceptors (Lipinski definition) is 6. The maximum atomic E-state index is 11.9. The van der Waals surface area contributed by atoms with Crippen LogP contribution in [0.25, 0.3) is 0 Å². The Morgan fingerprint density at radius 1 is 1.36 bits per heavy atom. The van der Waals surface area contributed by atoms with Gasteiger partial charge in [-0.05, 0) is 31.4 Å². The molecule has 1 aromatic carbocycles. The molecule has 1 aliphatic heterocycles. The summed E-state index contributed by atoms with van der Waals surface area (Å²) in [7, 11) is 1.18. The van der Waals surface area contributed by atoms with Crippen LogP contribution in [-0.4, -0.2) is 48.4 Å². The highest BCUT2D eigenvalue weighted by Crippen LogP contribution is 2.23. The van der Waals surface area contributed by atoms with Crippen molar-refractivity contribution >= 4 is 23.3 Å². The van der Waals surface area contributed by atoms with Gasteiger partial charge < -0.3 is 15.0 Å². The first-order valence-corrected chi connectivity index (χ1v) is 8.41. The molecule has 0 atom stereocenters. The van der Waals surface area contributed by atoms with E-state index < -0.39 is 10.9 Å². The Bertz CT molecular complexity index is 647. The van der Waals surface area contributed by atoms with E-state index in [4.69, 9.17) is 0 Å². The third-order valence-electron chi connectivity index (χ3n) is 4.20. The van der Waals surface area contributed by atoms with Crippen molar-refractivity contribution in [3.05, 3.63) is 33.9 Å². The molecule has 0 aromatic heterocycles. The monoisotopic (exact) mass is 349 g/mol. The predicted molar refractivity (Wildman–Crippen MR) is 92.6 cm³/mol. The molecule has 0 saturated carbocycles. The second-order valence-corrected chi connectivity index (χ2v) is 5.95. The van der Waals surface area contributed by atoms with Crippen molar-refractivity contribution in [1.82, 2.24) is 4.90 Å². The number of hydrogen-bond donors (Lipinski definition) is 1. The molecule has 0 unspecified atom stereocenters. The van der Waals surface area contributed by atoms with Crippen LogP contribution in [0.1, 0.15) is 42.5 Å². The van der Waals surface area contributed by atoms with Crippen LogP contribution in [0, 0.1) is 10.1 Å². The van der Waals surface area contributed by atoms with Gasteiger partial charge >= 0.3 is 5.97 Å². The highest BCUT2D eigenvalue weighted by molar-refractivity contribution is 5.95. The van der Waals surface area contributed by atoms with E-state index >= 15 is 0 Å². The van der Waals surface area contributed by atoms with Crippen molar-refractivity contribution in [1.29, 1.82) is 0 Å². The fraction of sp³-hybridized carbons (Fsp3) is 0.529. The number of amides is 1. The standard InChI is InChI=1S/C17H23N3O5/c1-25-17(22)14-12-13(7-8-15(14)20(23)24)18-9-5-11-19-10-4-2-3-6-16(19)21/h7-8,12,18H,2-6,9-11H2,1H3. The lowest BCUT2D eigenvalue weighted by atomic mass is 10.1. The van der Waals surface area contributed by atoms with Gasteiger partial charge in [-0.1, -0.05) is 6.42 Å². The van der Waals surface area contributed by atoms with E-state index in [2.05, 4.69) is 10.1 Å². The molecule has 1 fully saturated rings. The fourth-order valence-electron chi connectivity index (χ4n) is 2.86. The lowest BCUT2D eigenvalue weighted by Gasteiger charge is -2.20. The van der Waals surface area contributed by atoms with Gasteiger partial charge in [0.15, 0.2) is 0 Å². The highest BCUT2D eigenvalue weighted by atomic mass is 16.6. The summed E-state index contributed by atoms with van der Waals surface area (Å²) in [6.45, 7) is 2.09. The number of benzene rings is 1. The Balaban J connectivity index is 1.91. The van der Waals surface area contributed by atoms with E-state index in [1.165, 1.54) is 19.2 Å². The molecular formula is C17H23N3O5. The van der Waals surface area contributed by atoms with Crippen LogP contribution in [0.3, 0.4) is 0 Å². The van der Waals surface area contributed by atoms with Crippen LogP contribution in [0.5, 0.6) is 0 Å². The smallest absolute Gasteiger partial charge is 0.344 e. The zero-order valence-corrected chi connectivity index (χ0v) is 14.3. The number of carbonyl (C=O) groups is 2. The normalized spacial score (nSPS) is 14.8. The van der Waals surface area contributed by atoms with E-state index in [1.54, 1.807) is 6.07 Å². The lowest BCUT2D eigenvalue weighted by molar-refractivity contribution is -0.385. The summed E-state index contributed by atoms with van der Waals surface area (Å²) < 4.78 is 4.60. The molecule has 8 nitrogen and oxygen atoms in total. The number of anilines is 1. The minimum Gasteiger partial charge on any atom is -0.465 e. The average Bonchev–Trinajstić information content (AvgIpc) is 2.82. The molecule has 136 valence electrons. The third kappa shape index (κ3) is 5.17. The van der Waals surface area contributed by atoms with Gasteiger partial charge in [0.1, 0.15) is 5.56 Å². The van der Waals surface area contributed by atoms with Crippen molar-refractivity contribution in [2.24, 2.45) is 0 Å². The molecule has 8 heteroatoms. The van der Waals surface area contributed by atoms with Gasteiger partial charge in [0, 0.05) is 37.8 Å². The van der Waals surface area contributed by atoms with Gasteiger partial charge in [0.2, 0.25) is 5.91 Å². The Kier molecular flexibility index (Phi) is 6.73. The van der Waals surface area contributed by atoms with Crippen LogP contribution >= 0.6 is 0 Å². The molecule has 1 saturated heterocycles. The van der Waals surface area contributed by atoms with Crippen LogP contribution in [0.4, 0.5) is 11.4 Å². The molecule has 1 aromatic rings. The average molecular weight is 349 g/mol. The van der Waals surface area contributed by atoms with Crippen molar-refractivity contribution in [3.63, 3.8) is 0 Å². The van der Waals surface area contributed by atoms with E-state index in [0.29, 0.717) is 25.2 Å². The number of carbonyl (C=O) groups excluding carboxylic acids is 2. The van der Waals surface area contributed by atoms with Crippen LogP contribution in [0.15, 0.2) is 18.2 Å². The second-order valence-electron chi connectivity index (χ2n) is 5.95. The fourth-order valence-corrected chi connectivity index (χ4v) is 2.86. The molecule has 1 aliphatic rings. The number of nitrogens with zero attached hydrogens (tertiary/aromatic N) is 2. The topological polar surface area (TPSA) is 102 Å². The van der Waals surface area contributed by atoms with E-state index in [-0.39, 0.29) is 17.2 Å². The molecule has 0 spiro atoms. The molecule has 0 radical (unpaired) electrons. The van der Waals surface area contributed by atoms with Crippen molar-refractivity contribution in [2.45, 2.75) is 32.1 Å². The Morgan fingerprint density at radius 2 is 2.16 bits per heavy atom. The minimum atomic E-state index is -0.745. The summed E-state index contributed by atoms with van der Waals surface area (Å²) in [5, 5.41) is 14.1. The predicted octanol–water partition coefficient (Wildman–Crippen LogP) is 2.59. The summed E-state index contributed by atoms with van der Waals surface area (Å²) >= 11 is 0. The Hall–Kier alpha value is -2.64. The zero-order valence-electron chi connectivity index (χ0n) is 14.3. The van der Waals surface area contributed by atoms with Crippen molar-refractivity contribution < 1.29 is 19.2 Å². The van der Waals surface area contributed by atoms with Gasteiger partial charge in [-0.3, -0.25) is 14.9 Å². The highest BCUT2D eigenvalue weighted by Gasteiger charge is 2.21. The molecule has 0 aliphatic carbocycles. The maximum Gasteiger partial charge on any atom is 0.344 e. The summed E-state index contributed by atoms with van der Waals surface area (Å²) in [5.41, 5.74) is 0.237. The van der Waals surface area contributed by atoms with Crippen LogP contribution in [0.2, 0.25) is 0 Å². The Labute approximate surface area is 146 Å². The van der Waals surface area contributed by atoms with E-state index in [1.807, 2.05) is 4.90 Å². The number of rotatable bonds is 7. The molecule has 0 bridgehead atoms.